The first-order chi connectivity index (χ1) is 12.7. The molecule has 2 N–H and O–H groups in total. The van der Waals surface area contributed by atoms with Gasteiger partial charge in [0.1, 0.15) is 17.2 Å². The molecule has 0 spiro atoms. The highest BCUT2D eigenvalue weighted by Gasteiger charge is 2.27. The number of aromatic nitrogens is 1. The highest BCUT2D eigenvalue weighted by Crippen LogP contribution is 2.25. The summed E-state index contributed by atoms with van der Waals surface area (Å²) >= 11 is 0. The molecule has 1 aliphatic heterocycles. The van der Waals surface area contributed by atoms with Crippen LogP contribution in [0.4, 0.5) is 16.4 Å². The Morgan fingerprint density at radius 3 is 2.37 bits per heavy atom. The quantitative estimate of drug-likeness (QED) is 0.834. The van der Waals surface area contributed by atoms with Crippen LogP contribution in [0.1, 0.15) is 50.4 Å². The molecule has 1 aromatic heterocycles. The first kappa shape index (κ1) is 19.3. The molecule has 2 fully saturated rings. The second-order valence-corrected chi connectivity index (χ2v) is 8.13. The minimum absolute atomic E-state index is 0.219. The second-order valence-electron chi connectivity index (χ2n) is 8.13. The summed E-state index contributed by atoms with van der Waals surface area (Å²) in [6.45, 7) is 7.73. The molecule has 8 heteroatoms. The zero-order valence-corrected chi connectivity index (χ0v) is 16.2. The Bertz CT molecular complexity index is 704. The first-order valence-electron chi connectivity index (χ1n) is 9.46. The molecule has 27 heavy (non-hydrogen) atoms. The third-order valence-electron chi connectivity index (χ3n) is 4.77. The van der Waals surface area contributed by atoms with Crippen LogP contribution in [-0.2, 0) is 4.74 Å². The summed E-state index contributed by atoms with van der Waals surface area (Å²) in [6, 6.07) is 3.55. The van der Waals surface area contributed by atoms with Gasteiger partial charge in [-0.2, -0.15) is 0 Å². The number of hydrogen-bond acceptors (Lipinski definition) is 6. The number of ether oxygens (including phenoxy) is 1. The molecule has 0 radical (unpaired) electrons. The smallest absolute Gasteiger partial charge is 0.410 e. The molecule has 0 aromatic carbocycles. The number of amides is 1. The van der Waals surface area contributed by atoms with Gasteiger partial charge in [-0.1, -0.05) is 0 Å². The first-order valence-corrected chi connectivity index (χ1v) is 9.46. The van der Waals surface area contributed by atoms with Crippen molar-refractivity contribution in [3.05, 3.63) is 17.7 Å². The van der Waals surface area contributed by atoms with E-state index in [4.69, 9.17) is 4.74 Å². The summed E-state index contributed by atoms with van der Waals surface area (Å²) < 4.78 is 5.42. The third-order valence-corrected chi connectivity index (χ3v) is 4.77. The molecular formula is C19H28N4O4. The van der Waals surface area contributed by atoms with Crippen LogP contribution in [0.25, 0.3) is 0 Å². The second kappa shape index (κ2) is 7.62. The lowest BCUT2D eigenvalue weighted by Crippen LogP contribution is -2.50. The molecule has 0 bridgehead atoms. The van der Waals surface area contributed by atoms with Crippen molar-refractivity contribution in [1.29, 1.82) is 0 Å². The Morgan fingerprint density at radius 2 is 1.85 bits per heavy atom. The molecule has 148 valence electrons. The van der Waals surface area contributed by atoms with Crippen LogP contribution in [0.2, 0.25) is 0 Å². The van der Waals surface area contributed by atoms with Crippen LogP contribution in [-0.4, -0.2) is 64.9 Å². The summed E-state index contributed by atoms with van der Waals surface area (Å²) in [7, 11) is 0. The Kier molecular flexibility index (Phi) is 5.43. The van der Waals surface area contributed by atoms with E-state index in [9.17, 15) is 14.7 Å². The molecule has 1 saturated heterocycles. The molecule has 0 atom stereocenters. The van der Waals surface area contributed by atoms with Crippen LogP contribution in [0.3, 0.4) is 0 Å². The number of nitrogens with zero attached hydrogens (tertiary/aromatic N) is 3. The van der Waals surface area contributed by atoms with Crippen LogP contribution in [0, 0.1) is 0 Å². The van der Waals surface area contributed by atoms with Crippen molar-refractivity contribution < 1.29 is 19.4 Å². The molecule has 2 aliphatic rings. The van der Waals surface area contributed by atoms with E-state index in [1.165, 1.54) is 6.42 Å². The molecule has 1 aliphatic carbocycles. The van der Waals surface area contributed by atoms with Crippen molar-refractivity contribution >= 4 is 23.7 Å². The topological polar surface area (TPSA) is 95.0 Å². The molecule has 8 nitrogen and oxygen atoms in total. The van der Waals surface area contributed by atoms with Crippen LogP contribution >= 0.6 is 0 Å². The van der Waals surface area contributed by atoms with E-state index in [0.717, 1.165) is 12.8 Å². The lowest BCUT2D eigenvalue weighted by Gasteiger charge is -2.36. The maximum atomic E-state index is 12.2. The number of carbonyl (C=O) groups is 2. The summed E-state index contributed by atoms with van der Waals surface area (Å²) in [6.07, 6.45) is 3.04. The van der Waals surface area contributed by atoms with Gasteiger partial charge in [-0.3, -0.25) is 0 Å². The SMILES string of the molecule is CC(C)(C)OC(=O)N1CCN(c2cc(C(=O)O)cc(NC3CCC3)n2)CC1. The van der Waals surface area contributed by atoms with Gasteiger partial charge in [-0.25, -0.2) is 14.6 Å². The monoisotopic (exact) mass is 376 g/mol. The van der Waals surface area contributed by atoms with E-state index < -0.39 is 11.6 Å². The molecular weight excluding hydrogens is 348 g/mol. The van der Waals surface area contributed by atoms with Crippen molar-refractivity contribution in [3.63, 3.8) is 0 Å². The number of hydrogen-bond donors (Lipinski definition) is 2. The molecule has 0 unspecified atom stereocenters. The number of carboxylic acid groups (broad SMARTS) is 1. The lowest BCUT2D eigenvalue weighted by atomic mass is 9.93. The van der Waals surface area contributed by atoms with Crippen molar-refractivity contribution in [2.75, 3.05) is 36.4 Å². The summed E-state index contributed by atoms with van der Waals surface area (Å²) in [5, 5.41) is 12.7. The number of carboxylic acids is 1. The van der Waals surface area contributed by atoms with Gasteiger partial charge in [-0.05, 0) is 52.2 Å². The van der Waals surface area contributed by atoms with Crippen molar-refractivity contribution in [3.8, 4) is 0 Å². The molecule has 1 aromatic rings. The van der Waals surface area contributed by atoms with Gasteiger partial charge in [0, 0.05) is 32.2 Å². The average molecular weight is 376 g/mol. The molecule has 1 amide bonds. The number of aromatic carboxylic acids is 1. The minimum atomic E-state index is -0.970. The molecule has 2 heterocycles. The fourth-order valence-corrected chi connectivity index (χ4v) is 3.08. The Balaban J connectivity index is 1.67. The zero-order chi connectivity index (χ0) is 19.6. The number of piperazine rings is 1. The molecule has 1 saturated carbocycles. The highest BCUT2D eigenvalue weighted by atomic mass is 16.6. The van der Waals surface area contributed by atoms with Gasteiger partial charge >= 0.3 is 12.1 Å². The summed E-state index contributed by atoms with van der Waals surface area (Å²) in [5.41, 5.74) is -0.301. The average Bonchev–Trinajstić information content (AvgIpc) is 2.56. The third kappa shape index (κ3) is 5.02. The highest BCUT2D eigenvalue weighted by molar-refractivity contribution is 5.89. The van der Waals surface area contributed by atoms with Gasteiger partial charge in [0.15, 0.2) is 0 Å². The number of pyridine rings is 1. The van der Waals surface area contributed by atoms with Gasteiger partial charge in [0.2, 0.25) is 0 Å². The summed E-state index contributed by atoms with van der Waals surface area (Å²) in [4.78, 5) is 32.0. The molecule has 3 rings (SSSR count). The predicted molar refractivity (Wildman–Crippen MR) is 102 cm³/mol. The van der Waals surface area contributed by atoms with Gasteiger partial charge in [0.25, 0.3) is 0 Å². The van der Waals surface area contributed by atoms with E-state index >= 15 is 0 Å². The van der Waals surface area contributed by atoms with E-state index in [1.54, 1.807) is 17.0 Å². The maximum absolute atomic E-state index is 12.2. The largest absolute Gasteiger partial charge is 0.478 e. The van der Waals surface area contributed by atoms with Crippen LogP contribution < -0.4 is 10.2 Å². The van der Waals surface area contributed by atoms with E-state index in [1.807, 2.05) is 25.7 Å². The number of carbonyl (C=O) groups excluding carboxylic acids is 1. The fourth-order valence-electron chi connectivity index (χ4n) is 3.08. The number of anilines is 2. The van der Waals surface area contributed by atoms with E-state index in [-0.39, 0.29) is 11.7 Å². The van der Waals surface area contributed by atoms with Crippen molar-refractivity contribution in [1.82, 2.24) is 9.88 Å². The number of nitrogens with one attached hydrogen (secondary N) is 1. The van der Waals surface area contributed by atoms with Crippen LogP contribution in [0.5, 0.6) is 0 Å². The minimum Gasteiger partial charge on any atom is -0.478 e. The lowest BCUT2D eigenvalue weighted by molar-refractivity contribution is 0.0240. The van der Waals surface area contributed by atoms with Gasteiger partial charge in [-0.15, -0.1) is 0 Å². The summed E-state index contributed by atoms with van der Waals surface area (Å²) in [5.74, 6) is 0.257. The normalized spacial score (nSPS) is 18.0. The van der Waals surface area contributed by atoms with Gasteiger partial charge in [0.05, 0.1) is 5.56 Å². The van der Waals surface area contributed by atoms with Gasteiger partial charge < -0.3 is 25.0 Å². The number of rotatable bonds is 4. The van der Waals surface area contributed by atoms with Crippen molar-refractivity contribution in [2.45, 2.75) is 51.7 Å². The van der Waals surface area contributed by atoms with E-state index in [2.05, 4.69) is 10.3 Å². The Morgan fingerprint density at radius 1 is 1.19 bits per heavy atom. The Hall–Kier alpha value is -2.51. The zero-order valence-electron chi connectivity index (χ0n) is 16.2. The Labute approximate surface area is 159 Å². The van der Waals surface area contributed by atoms with E-state index in [0.29, 0.717) is 43.9 Å². The predicted octanol–water partition coefficient (Wildman–Crippen LogP) is 2.80. The maximum Gasteiger partial charge on any atom is 0.410 e. The van der Waals surface area contributed by atoms with Crippen molar-refractivity contribution in [2.24, 2.45) is 0 Å². The van der Waals surface area contributed by atoms with Crippen LogP contribution in [0.15, 0.2) is 12.1 Å². The fraction of sp³-hybridized carbons (Fsp3) is 0.632. The standard InChI is InChI=1S/C19H28N4O4/c1-19(2,3)27-18(26)23-9-7-22(8-10-23)16-12-13(17(24)25)11-15(21-16)20-14-5-4-6-14/h11-12,14H,4-10H2,1-3H3,(H,20,21)(H,24,25).